The van der Waals surface area contributed by atoms with E-state index in [1.165, 1.54) is 4.90 Å². The maximum Gasteiger partial charge on any atom is 0.329 e. The molecule has 0 aromatic carbocycles. The smallest absolute Gasteiger partial charge is 0.329 e. The molecule has 0 aromatic heterocycles. The molecule has 5 unspecified atom stereocenters. The minimum Gasteiger partial charge on any atom is -0.464 e. The largest absolute Gasteiger partial charge is 0.464 e. The van der Waals surface area contributed by atoms with Gasteiger partial charge in [-0.3, -0.25) is 14.5 Å². The number of rotatable bonds is 4. The number of hydrogen-bond acceptors (Lipinski definition) is 4. The van der Waals surface area contributed by atoms with Crippen LogP contribution in [0.5, 0.6) is 0 Å². The highest BCUT2D eigenvalue weighted by atomic mass is 16.5. The lowest BCUT2D eigenvalue weighted by atomic mass is 9.81. The topological polar surface area (TPSA) is 63.7 Å². The number of esters is 1. The lowest BCUT2D eigenvalue weighted by Crippen LogP contribution is -2.49. The van der Waals surface area contributed by atoms with Gasteiger partial charge in [0.15, 0.2) is 0 Å². The molecule has 1 saturated heterocycles. The number of amides is 2. The Morgan fingerprint density at radius 1 is 1.19 bits per heavy atom. The molecule has 0 spiro atoms. The van der Waals surface area contributed by atoms with E-state index in [0.717, 1.165) is 19.3 Å². The standard InChI is InChI=1S/C16H23NO4/c1-4-21-16(20)13(8(2)3)17-14(18)11-9-5-6-10(7-9)12(11)15(17)19/h8-13H,4-7H2,1-3H3. The summed E-state index contributed by atoms with van der Waals surface area (Å²) in [7, 11) is 0. The molecule has 5 nitrogen and oxygen atoms in total. The Balaban J connectivity index is 1.89. The maximum atomic E-state index is 12.7. The SMILES string of the molecule is CCOC(=O)C(C(C)C)N1C(=O)C2C3CCC(C3)C2C1=O. The number of carbonyl (C=O) groups is 3. The monoisotopic (exact) mass is 293 g/mol. The average molecular weight is 293 g/mol. The minimum atomic E-state index is -0.769. The Morgan fingerprint density at radius 2 is 1.71 bits per heavy atom. The average Bonchev–Trinajstić information content (AvgIpc) is 3.08. The first-order chi connectivity index (χ1) is 9.97. The van der Waals surface area contributed by atoms with Crippen LogP contribution in [0.15, 0.2) is 0 Å². The fourth-order valence-electron chi connectivity index (χ4n) is 4.61. The lowest BCUT2D eigenvalue weighted by Gasteiger charge is -2.28. The number of fused-ring (bicyclic) bond motifs is 5. The third-order valence-corrected chi connectivity index (χ3v) is 5.40. The normalized spacial score (nSPS) is 35.5. The zero-order chi connectivity index (χ0) is 15.3. The van der Waals surface area contributed by atoms with Crippen molar-refractivity contribution in [2.75, 3.05) is 6.61 Å². The second kappa shape index (κ2) is 5.11. The molecular weight excluding hydrogens is 270 g/mol. The highest BCUT2D eigenvalue weighted by Crippen LogP contribution is 2.56. The van der Waals surface area contributed by atoms with E-state index in [1.807, 2.05) is 13.8 Å². The summed E-state index contributed by atoms with van der Waals surface area (Å²) < 4.78 is 5.08. The van der Waals surface area contributed by atoms with E-state index in [2.05, 4.69) is 0 Å². The maximum absolute atomic E-state index is 12.7. The quantitative estimate of drug-likeness (QED) is 0.583. The Morgan fingerprint density at radius 3 is 2.14 bits per heavy atom. The second-order valence-corrected chi connectivity index (χ2v) is 6.87. The molecule has 2 bridgehead atoms. The third-order valence-electron chi connectivity index (χ3n) is 5.40. The highest BCUT2D eigenvalue weighted by Gasteiger charge is 2.62. The number of carbonyl (C=O) groups excluding carboxylic acids is 3. The molecule has 3 aliphatic rings. The second-order valence-electron chi connectivity index (χ2n) is 6.87. The predicted octanol–water partition coefficient (Wildman–Crippen LogP) is 1.61. The summed E-state index contributed by atoms with van der Waals surface area (Å²) >= 11 is 0. The van der Waals surface area contributed by atoms with Gasteiger partial charge in [-0.2, -0.15) is 0 Å². The Kier molecular flexibility index (Phi) is 3.54. The number of nitrogens with zero attached hydrogens (tertiary/aromatic N) is 1. The van der Waals surface area contributed by atoms with Gasteiger partial charge in [-0.15, -0.1) is 0 Å². The predicted molar refractivity (Wildman–Crippen MR) is 74.9 cm³/mol. The van der Waals surface area contributed by atoms with E-state index in [-0.39, 0.29) is 36.2 Å². The molecule has 116 valence electrons. The van der Waals surface area contributed by atoms with Crippen LogP contribution in [0.4, 0.5) is 0 Å². The number of imide groups is 1. The molecule has 21 heavy (non-hydrogen) atoms. The molecule has 3 rings (SSSR count). The fourth-order valence-corrected chi connectivity index (χ4v) is 4.61. The molecule has 0 radical (unpaired) electrons. The van der Waals surface area contributed by atoms with Crippen LogP contribution in [-0.4, -0.2) is 35.3 Å². The summed E-state index contributed by atoms with van der Waals surface area (Å²) in [5.74, 6) is -0.519. The van der Waals surface area contributed by atoms with Crippen molar-refractivity contribution in [3.05, 3.63) is 0 Å². The molecule has 1 heterocycles. The lowest BCUT2D eigenvalue weighted by molar-refractivity contribution is -0.161. The summed E-state index contributed by atoms with van der Waals surface area (Å²) in [5, 5.41) is 0. The molecule has 5 heteroatoms. The van der Waals surface area contributed by atoms with Crippen LogP contribution in [0.3, 0.4) is 0 Å². The Hall–Kier alpha value is -1.39. The summed E-state index contributed by atoms with van der Waals surface area (Å²) in [5.41, 5.74) is 0. The first kappa shape index (κ1) is 14.5. The highest BCUT2D eigenvalue weighted by molar-refractivity contribution is 6.08. The van der Waals surface area contributed by atoms with Gasteiger partial charge in [0.2, 0.25) is 11.8 Å². The van der Waals surface area contributed by atoms with Crippen molar-refractivity contribution in [2.24, 2.45) is 29.6 Å². The molecule has 2 amide bonds. The van der Waals surface area contributed by atoms with Crippen LogP contribution in [-0.2, 0) is 19.1 Å². The Labute approximate surface area is 125 Å². The van der Waals surface area contributed by atoms with Crippen LogP contribution in [0, 0.1) is 29.6 Å². The van der Waals surface area contributed by atoms with Crippen molar-refractivity contribution in [1.82, 2.24) is 4.90 Å². The van der Waals surface area contributed by atoms with Gasteiger partial charge in [0.1, 0.15) is 6.04 Å². The van der Waals surface area contributed by atoms with E-state index in [0.29, 0.717) is 11.8 Å². The van der Waals surface area contributed by atoms with Crippen LogP contribution >= 0.6 is 0 Å². The van der Waals surface area contributed by atoms with Gasteiger partial charge in [0.25, 0.3) is 0 Å². The summed E-state index contributed by atoms with van der Waals surface area (Å²) in [6.07, 6.45) is 3.10. The first-order valence-electron chi connectivity index (χ1n) is 8.00. The minimum absolute atomic E-state index is 0.131. The van der Waals surface area contributed by atoms with Gasteiger partial charge in [-0.1, -0.05) is 13.8 Å². The van der Waals surface area contributed by atoms with Crippen LogP contribution in [0.1, 0.15) is 40.0 Å². The fraction of sp³-hybridized carbons (Fsp3) is 0.812. The van der Waals surface area contributed by atoms with Crippen LogP contribution in [0.25, 0.3) is 0 Å². The summed E-state index contributed by atoms with van der Waals surface area (Å²) in [6, 6.07) is -0.769. The van der Waals surface area contributed by atoms with Crippen molar-refractivity contribution < 1.29 is 19.1 Å². The zero-order valence-electron chi connectivity index (χ0n) is 12.9. The van der Waals surface area contributed by atoms with Crippen molar-refractivity contribution in [2.45, 2.75) is 46.1 Å². The van der Waals surface area contributed by atoms with Crippen LogP contribution < -0.4 is 0 Å². The molecule has 1 aliphatic heterocycles. The molecular formula is C16H23NO4. The molecule has 2 saturated carbocycles. The van der Waals surface area contributed by atoms with E-state index in [9.17, 15) is 14.4 Å². The van der Waals surface area contributed by atoms with Crippen molar-refractivity contribution >= 4 is 17.8 Å². The number of likely N-dealkylation sites (tertiary alicyclic amines) is 1. The number of ether oxygens (including phenoxy) is 1. The summed E-state index contributed by atoms with van der Waals surface area (Å²) in [6.45, 7) is 5.70. The van der Waals surface area contributed by atoms with Gasteiger partial charge >= 0.3 is 5.97 Å². The molecule has 0 N–H and O–H groups in total. The van der Waals surface area contributed by atoms with E-state index >= 15 is 0 Å². The van der Waals surface area contributed by atoms with Crippen LogP contribution in [0.2, 0.25) is 0 Å². The van der Waals surface area contributed by atoms with E-state index in [1.54, 1.807) is 6.92 Å². The molecule has 0 aromatic rings. The van der Waals surface area contributed by atoms with Crippen molar-refractivity contribution in [1.29, 1.82) is 0 Å². The van der Waals surface area contributed by atoms with Gasteiger partial charge in [-0.25, -0.2) is 4.79 Å². The van der Waals surface area contributed by atoms with Gasteiger partial charge < -0.3 is 4.74 Å². The van der Waals surface area contributed by atoms with Gasteiger partial charge in [0.05, 0.1) is 18.4 Å². The Bertz CT molecular complexity index is 459. The van der Waals surface area contributed by atoms with E-state index < -0.39 is 12.0 Å². The molecule has 3 fully saturated rings. The van der Waals surface area contributed by atoms with Crippen molar-refractivity contribution in [3.8, 4) is 0 Å². The van der Waals surface area contributed by atoms with Gasteiger partial charge in [0, 0.05) is 0 Å². The zero-order valence-corrected chi connectivity index (χ0v) is 12.9. The number of hydrogen-bond donors (Lipinski definition) is 0. The molecule has 5 atom stereocenters. The third kappa shape index (κ3) is 2.00. The van der Waals surface area contributed by atoms with Gasteiger partial charge in [-0.05, 0) is 43.9 Å². The molecule has 2 aliphatic carbocycles. The van der Waals surface area contributed by atoms with E-state index in [4.69, 9.17) is 4.74 Å². The summed E-state index contributed by atoms with van der Waals surface area (Å²) in [4.78, 5) is 38.9. The first-order valence-corrected chi connectivity index (χ1v) is 8.00. The van der Waals surface area contributed by atoms with Crippen molar-refractivity contribution in [3.63, 3.8) is 0 Å².